The first-order valence-electron chi connectivity index (χ1n) is 4.64. The third-order valence-corrected chi connectivity index (χ3v) is 2.03. The Morgan fingerprint density at radius 3 is 2.72 bits per heavy atom. The summed E-state index contributed by atoms with van der Waals surface area (Å²) >= 11 is 0. The Balaban J connectivity index is 2.05. The summed E-state index contributed by atoms with van der Waals surface area (Å²) in [6.07, 6.45) is 0. The zero-order chi connectivity index (χ0) is 13.3. The number of imide groups is 1. The maximum atomic E-state index is 11.5. The van der Waals surface area contributed by atoms with Crippen LogP contribution in [0.2, 0.25) is 0 Å². The van der Waals surface area contributed by atoms with Crippen LogP contribution in [0.4, 0.5) is 10.7 Å². The number of nitrogens with zero attached hydrogens (tertiary/aromatic N) is 2. The van der Waals surface area contributed by atoms with E-state index < -0.39 is 28.7 Å². The van der Waals surface area contributed by atoms with Gasteiger partial charge in [-0.1, -0.05) is 0 Å². The molecular formula is C8H6N4O6. The minimum absolute atomic E-state index is 0.326. The Morgan fingerprint density at radius 2 is 2.22 bits per heavy atom. The molecule has 1 aromatic heterocycles. The average Bonchev–Trinajstić information content (AvgIpc) is 2.86. The lowest BCUT2D eigenvalue weighted by Crippen LogP contribution is -2.44. The van der Waals surface area contributed by atoms with Crippen LogP contribution in [0.25, 0.3) is 0 Å². The summed E-state index contributed by atoms with van der Waals surface area (Å²) in [5.41, 5.74) is 2.07. The molecule has 0 spiro atoms. The molecule has 2 N–H and O–H groups in total. The van der Waals surface area contributed by atoms with Gasteiger partial charge in [-0.2, -0.15) is 0 Å². The molecule has 0 unspecified atom stereocenters. The van der Waals surface area contributed by atoms with Crippen LogP contribution >= 0.6 is 0 Å². The lowest BCUT2D eigenvalue weighted by molar-refractivity contribution is -0.402. The van der Waals surface area contributed by atoms with Crippen molar-refractivity contribution in [3.05, 3.63) is 28.0 Å². The highest BCUT2D eigenvalue weighted by Crippen LogP contribution is 2.15. The van der Waals surface area contributed by atoms with Crippen molar-refractivity contribution in [1.29, 1.82) is 0 Å². The minimum Gasteiger partial charge on any atom is -0.395 e. The van der Waals surface area contributed by atoms with E-state index in [1.165, 1.54) is 0 Å². The highest BCUT2D eigenvalue weighted by Gasteiger charge is 2.29. The topological polar surface area (TPSA) is 135 Å². The van der Waals surface area contributed by atoms with Crippen LogP contribution in [0.5, 0.6) is 0 Å². The molecule has 1 fully saturated rings. The van der Waals surface area contributed by atoms with Crippen LogP contribution in [0, 0.1) is 10.1 Å². The summed E-state index contributed by atoms with van der Waals surface area (Å²) in [7, 11) is 0. The number of nitro groups is 1. The van der Waals surface area contributed by atoms with Gasteiger partial charge in [0.1, 0.15) is 11.5 Å². The van der Waals surface area contributed by atoms with Crippen LogP contribution in [-0.2, 0) is 4.79 Å². The van der Waals surface area contributed by atoms with Gasteiger partial charge in [0.2, 0.25) is 11.7 Å². The van der Waals surface area contributed by atoms with E-state index in [0.29, 0.717) is 0 Å². The molecule has 1 aromatic rings. The molecule has 1 aliphatic rings. The van der Waals surface area contributed by atoms with Crippen molar-refractivity contribution in [2.75, 3.05) is 6.54 Å². The van der Waals surface area contributed by atoms with Gasteiger partial charge in [-0.15, -0.1) is 0 Å². The van der Waals surface area contributed by atoms with Crippen molar-refractivity contribution in [1.82, 2.24) is 15.8 Å². The van der Waals surface area contributed by atoms with Crippen LogP contribution < -0.4 is 10.7 Å². The van der Waals surface area contributed by atoms with Gasteiger partial charge < -0.3 is 4.42 Å². The van der Waals surface area contributed by atoms with E-state index in [2.05, 4.69) is 9.84 Å². The van der Waals surface area contributed by atoms with Gasteiger partial charge in [0, 0.05) is 0 Å². The van der Waals surface area contributed by atoms with Crippen molar-refractivity contribution in [2.45, 2.75) is 0 Å². The molecule has 0 aromatic carbocycles. The van der Waals surface area contributed by atoms with Crippen molar-refractivity contribution in [3.8, 4) is 0 Å². The second-order valence-corrected chi connectivity index (χ2v) is 3.28. The molecular weight excluding hydrogens is 248 g/mol. The SMILES string of the molecule is O=C1CN(NC(=O)c2ccc([N+](=O)[O-])o2)C(=O)N1. The number of rotatable bonds is 3. The van der Waals surface area contributed by atoms with E-state index in [0.717, 1.165) is 17.1 Å². The predicted molar refractivity (Wildman–Crippen MR) is 53.1 cm³/mol. The van der Waals surface area contributed by atoms with Crippen molar-refractivity contribution >= 4 is 23.7 Å². The molecule has 1 saturated heterocycles. The number of hydrazine groups is 1. The van der Waals surface area contributed by atoms with Crippen molar-refractivity contribution in [2.24, 2.45) is 0 Å². The van der Waals surface area contributed by atoms with Gasteiger partial charge in [-0.05, 0) is 6.07 Å². The van der Waals surface area contributed by atoms with Crippen molar-refractivity contribution in [3.63, 3.8) is 0 Å². The molecule has 10 nitrogen and oxygen atoms in total. The Kier molecular flexibility index (Phi) is 2.67. The third kappa shape index (κ3) is 2.11. The molecule has 0 bridgehead atoms. The Hall–Kier alpha value is -2.91. The quantitative estimate of drug-likeness (QED) is 0.419. The van der Waals surface area contributed by atoms with E-state index in [9.17, 15) is 24.5 Å². The van der Waals surface area contributed by atoms with Gasteiger partial charge in [0.15, 0.2) is 0 Å². The Morgan fingerprint density at radius 1 is 1.50 bits per heavy atom. The molecule has 0 aliphatic carbocycles. The van der Waals surface area contributed by atoms with Crippen LogP contribution in [0.1, 0.15) is 10.6 Å². The zero-order valence-corrected chi connectivity index (χ0v) is 8.71. The van der Waals surface area contributed by atoms with Crippen LogP contribution in [0.3, 0.4) is 0 Å². The number of urea groups is 1. The lowest BCUT2D eigenvalue weighted by Gasteiger charge is -2.12. The maximum absolute atomic E-state index is 11.5. The monoisotopic (exact) mass is 254 g/mol. The number of carbonyl (C=O) groups is 3. The first kappa shape index (κ1) is 11.6. The second kappa shape index (κ2) is 4.16. The molecule has 0 saturated carbocycles. The molecule has 2 heterocycles. The van der Waals surface area contributed by atoms with Crippen LogP contribution in [0.15, 0.2) is 16.5 Å². The molecule has 0 radical (unpaired) electrons. The summed E-state index contributed by atoms with van der Waals surface area (Å²) in [4.78, 5) is 43.0. The first-order valence-corrected chi connectivity index (χ1v) is 4.64. The summed E-state index contributed by atoms with van der Waals surface area (Å²) < 4.78 is 4.62. The van der Waals surface area contributed by atoms with E-state index in [4.69, 9.17) is 0 Å². The fraction of sp³-hybridized carbons (Fsp3) is 0.125. The minimum atomic E-state index is -0.868. The highest BCUT2D eigenvalue weighted by atomic mass is 16.6. The maximum Gasteiger partial charge on any atom is 0.433 e. The van der Waals surface area contributed by atoms with E-state index in [1.807, 2.05) is 5.32 Å². The van der Waals surface area contributed by atoms with E-state index >= 15 is 0 Å². The Labute approximate surface area is 98.6 Å². The lowest BCUT2D eigenvalue weighted by atomic mass is 10.4. The smallest absolute Gasteiger partial charge is 0.395 e. The standard InChI is InChI=1S/C8H6N4O6/c13-5-3-11(8(15)9-5)10-7(14)4-1-2-6(18-4)12(16)17/h1-2H,3H2,(H,10,14)(H,9,13,15). The number of hydrogen-bond acceptors (Lipinski definition) is 6. The molecule has 2 rings (SSSR count). The molecule has 94 valence electrons. The number of furan rings is 1. The van der Waals surface area contributed by atoms with Gasteiger partial charge in [-0.3, -0.25) is 30.4 Å². The fourth-order valence-corrected chi connectivity index (χ4v) is 1.26. The molecule has 1 aliphatic heterocycles. The fourth-order valence-electron chi connectivity index (χ4n) is 1.26. The highest BCUT2D eigenvalue weighted by molar-refractivity contribution is 6.03. The summed E-state index contributed by atoms with van der Waals surface area (Å²) in [5, 5.41) is 13.0. The van der Waals surface area contributed by atoms with Crippen LogP contribution in [-0.4, -0.2) is 34.3 Å². The van der Waals surface area contributed by atoms with Gasteiger partial charge >= 0.3 is 17.8 Å². The number of nitrogens with one attached hydrogen (secondary N) is 2. The number of carbonyl (C=O) groups excluding carboxylic acids is 3. The largest absolute Gasteiger partial charge is 0.433 e. The van der Waals surface area contributed by atoms with Gasteiger partial charge in [-0.25, -0.2) is 9.80 Å². The summed E-state index contributed by atoms with van der Waals surface area (Å²) in [6.45, 7) is -0.326. The summed E-state index contributed by atoms with van der Waals surface area (Å²) in [5.74, 6) is -2.37. The molecule has 0 atom stereocenters. The van der Waals surface area contributed by atoms with E-state index in [-0.39, 0.29) is 12.3 Å². The summed E-state index contributed by atoms with van der Waals surface area (Å²) in [6, 6.07) is 1.31. The van der Waals surface area contributed by atoms with Crippen molar-refractivity contribution < 1.29 is 23.7 Å². The van der Waals surface area contributed by atoms with E-state index in [1.54, 1.807) is 0 Å². The molecule has 18 heavy (non-hydrogen) atoms. The number of amides is 4. The average molecular weight is 254 g/mol. The second-order valence-electron chi connectivity index (χ2n) is 3.28. The predicted octanol–water partition coefficient (Wildman–Crippen LogP) is -0.616. The third-order valence-electron chi connectivity index (χ3n) is 2.03. The Bertz CT molecular complexity index is 550. The zero-order valence-electron chi connectivity index (χ0n) is 8.71. The number of hydrogen-bond donors (Lipinski definition) is 2. The van der Waals surface area contributed by atoms with Gasteiger partial charge in [0.25, 0.3) is 0 Å². The first-order chi connectivity index (χ1) is 8.47. The normalized spacial score (nSPS) is 14.6. The molecule has 10 heteroatoms. The van der Waals surface area contributed by atoms with Gasteiger partial charge in [0.05, 0.1) is 6.07 Å². The molecule has 4 amide bonds.